The van der Waals surface area contributed by atoms with Gasteiger partial charge in [-0.05, 0) is 18.6 Å². The maximum absolute atomic E-state index is 11.2. The van der Waals surface area contributed by atoms with Crippen molar-refractivity contribution in [3.63, 3.8) is 0 Å². The number of rotatable bonds is 1. The van der Waals surface area contributed by atoms with E-state index in [1.54, 1.807) is 6.07 Å². The molecule has 76 valence electrons. The molecule has 1 aliphatic heterocycles. The van der Waals surface area contributed by atoms with E-state index in [2.05, 4.69) is 0 Å². The van der Waals surface area contributed by atoms with Crippen LogP contribution in [0.4, 0.5) is 0 Å². The van der Waals surface area contributed by atoms with Gasteiger partial charge in [0.15, 0.2) is 0 Å². The third-order valence-electron chi connectivity index (χ3n) is 2.19. The third-order valence-corrected chi connectivity index (χ3v) is 3.13. The number of ether oxygens (including phenoxy) is 1. The number of para-hydroxylation sites is 1. The molecular formula is C9H11NO3S. The quantitative estimate of drug-likeness (QED) is 0.745. The number of fused-ring (bicyclic) bond motifs is 1. The summed E-state index contributed by atoms with van der Waals surface area (Å²) in [7, 11) is -3.68. The lowest BCUT2D eigenvalue weighted by Crippen LogP contribution is -2.14. The van der Waals surface area contributed by atoms with Crippen LogP contribution in [0.25, 0.3) is 0 Å². The van der Waals surface area contributed by atoms with E-state index in [9.17, 15) is 8.42 Å². The van der Waals surface area contributed by atoms with Crippen molar-refractivity contribution >= 4 is 10.0 Å². The van der Waals surface area contributed by atoms with E-state index in [1.165, 1.54) is 6.07 Å². The highest BCUT2D eigenvalue weighted by molar-refractivity contribution is 7.89. The fraction of sp³-hybridized carbons (Fsp3) is 0.333. The summed E-state index contributed by atoms with van der Waals surface area (Å²) in [6, 6.07) is 5.00. The van der Waals surface area contributed by atoms with E-state index in [0.29, 0.717) is 5.75 Å². The molecule has 0 spiro atoms. The first-order chi connectivity index (χ1) is 6.48. The van der Waals surface area contributed by atoms with Gasteiger partial charge in [0.05, 0.1) is 0 Å². The summed E-state index contributed by atoms with van der Waals surface area (Å²) >= 11 is 0. The smallest absolute Gasteiger partial charge is 0.241 e. The highest BCUT2D eigenvalue weighted by Crippen LogP contribution is 2.34. The van der Waals surface area contributed by atoms with Crippen molar-refractivity contribution < 1.29 is 13.2 Å². The van der Waals surface area contributed by atoms with Gasteiger partial charge in [0, 0.05) is 6.42 Å². The zero-order valence-corrected chi connectivity index (χ0v) is 8.54. The highest BCUT2D eigenvalue weighted by atomic mass is 32.2. The number of sulfonamides is 1. The second kappa shape index (κ2) is 2.96. The molecule has 1 heterocycles. The van der Waals surface area contributed by atoms with Gasteiger partial charge < -0.3 is 4.74 Å². The van der Waals surface area contributed by atoms with Crippen molar-refractivity contribution in [2.24, 2.45) is 5.14 Å². The van der Waals surface area contributed by atoms with E-state index in [-0.39, 0.29) is 11.0 Å². The summed E-state index contributed by atoms with van der Waals surface area (Å²) in [5.74, 6) is 0.419. The minimum atomic E-state index is -3.68. The third kappa shape index (κ3) is 1.49. The summed E-state index contributed by atoms with van der Waals surface area (Å²) in [6.07, 6.45) is 0.756. The van der Waals surface area contributed by atoms with Crippen LogP contribution >= 0.6 is 0 Å². The molecule has 1 unspecified atom stereocenters. The molecule has 1 aromatic carbocycles. The van der Waals surface area contributed by atoms with Gasteiger partial charge in [-0.15, -0.1) is 0 Å². The maximum atomic E-state index is 11.2. The molecule has 0 radical (unpaired) electrons. The van der Waals surface area contributed by atoms with Crippen LogP contribution in [0.2, 0.25) is 0 Å². The zero-order chi connectivity index (χ0) is 10.3. The number of hydrogen-bond acceptors (Lipinski definition) is 3. The fourth-order valence-electron chi connectivity index (χ4n) is 1.63. The molecular weight excluding hydrogens is 202 g/mol. The van der Waals surface area contributed by atoms with Crippen molar-refractivity contribution in [2.45, 2.75) is 24.3 Å². The number of primary sulfonamides is 1. The van der Waals surface area contributed by atoms with Crippen LogP contribution in [0.1, 0.15) is 12.5 Å². The van der Waals surface area contributed by atoms with Crippen LogP contribution in [-0.4, -0.2) is 14.5 Å². The average Bonchev–Trinajstić information content (AvgIpc) is 2.41. The molecule has 4 nitrogen and oxygen atoms in total. The maximum Gasteiger partial charge on any atom is 0.241 e. The van der Waals surface area contributed by atoms with Crippen LogP contribution < -0.4 is 9.88 Å². The Bertz CT molecular complexity index is 467. The van der Waals surface area contributed by atoms with Crippen LogP contribution in [-0.2, 0) is 16.4 Å². The molecule has 5 heteroatoms. The van der Waals surface area contributed by atoms with Crippen LogP contribution in [0.15, 0.2) is 23.1 Å². The monoisotopic (exact) mass is 213 g/mol. The second-order valence-electron chi connectivity index (χ2n) is 3.42. The van der Waals surface area contributed by atoms with E-state index >= 15 is 0 Å². The molecule has 0 bridgehead atoms. The molecule has 2 N–H and O–H groups in total. The van der Waals surface area contributed by atoms with Crippen molar-refractivity contribution in [2.75, 3.05) is 0 Å². The molecule has 0 saturated carbocycles. The van der Waals surface area contributed by atoms with E-state index < -0.39 is 10.0 Å². The Morgan fingerprint density at radius 2 is 2.21 bits per heavy atom. The minimum absolute atomic E-state index is 0.0212. The number of nitrogens with two attached hydrogens (primary N) is 1. The molecule has 2 rings (SSSR count). The van der Waals surface area contributed by atoms with Crippen molar-refractivity contribution in [1.29, 1.82) is 0 Å². The van der Waals surface area contributed by atoms with E-state index in [1.807, 2.05) is 13.0 Å². The Morgan fingerprint density at radius 3 is 2.86 bits per heavy atom. The summed E-state index contributed by atoms with van der Waals surface area (Å²) in [5, 5.41) is 5.07. The second-order valence-corrected chi connectivity index (χ2v) is 4.95. The summed E-state index contributed by atoms with van der Waals surface area (Å²) < 4.78 is 27.8. The largest absolute Gasteiger partial charge is 0.489 e. The predicted molar refractivity (Wildman–Crippen MR) is 51.6 cm³/mol. The van der Waals surface area contributed by atoms with Gasteiger partial charge in [-0.25, -0.2) is 13.6 Å². The zero-order valence-electron chi connectivity index (χ0n) is 7.73. The first kappa shape index (κ1) is 9.48. The first-order valence-electron chi connectivity index (χ1n) is 4.30. The van der Waals surface area contributed by atoms with E-state index in [0.717, 1.165) is 12.0 Å². The van der Waals surface area contributed by atoms with Gasteiger partial charge in [0.1, 0.15) is 16.7 Å². The Kier molecular flexibility index (Phi) is 2.01. The van der Waals surface area contributed by atoms with Crippen LogP contribution in [0.3, 0.4) is 0 Å². The molecule has 0 amide bonds. The molecule has 0 saturated heterocycles. The topological polar surface area (TPSA) is 69.4 Å². The molecule has 1 atom stereocenters. The number of benzene rings is 1. The van der Waals surface area contributed by atoms with Gasteiger partial charge >= 0.3 is 0 Å². The lowest BCUT2D eigenvalue weighted by molar-refractivity contribution is 0.249. The first-order valence-corrected chi connectivity index (χ1v) is 5.84. The van der Waals surface area contributed by atoms with Crippen molar-refractivity contribution in [3.05, 3.63) is 23.8 Å². The Morgan fingerprint density at radius 1 is 1.50 bits per heavy atom. The van der Waals surface area contributed by atoms with Gasteiger partial charge in [0.25, 0.3) is 0 Å². The normalized spacial score (nSPS) is 20.3. The molecule has 0 fully saturated rings. The van der Waals surface area contributed by atoms with Gasteiger partial charge in [0.2, 0.25) is 10.0 Å². The molecule has 1 aliphatic rings. The fourth-order valence-corrected chi connectivity index (χ4v) is 2.34. The van der Waals surface area contributed by atoms with Crippen LogP contribution in [0.5, 0.6) is 5.75 Å². The van der Waals surface area contributed by atoms with Gasteiger partial charge in [-0.3, -0.25) is 0 Å². The lowest BCUT2D eigenvalue weighted by Gasteiger charge is -2.06. The Hall–Kier alpha value is -1.07. The predicted octanol–water partition coefficient (Wildman–Crippen LogP) is 0.657. The van der Waals surface area contributed by atoms with Gasteiger partial charge in [-0.1, -0.05) is 12.1 Å². The van der Waals surface area contributed by atoms with Crippen molar-refractivity contribution in [3.8, 4) is 5.75 Å². The Balaban J connectivity index is 2.62. The number of hydrogen-bond donors (Lipinski definition) is 1. The standard InChI is InChI=1S/C9H11NO3S/c1-6-5-7-3-2-4-8(9(7)13-6)14(10,11)12/h2-4,6H,5H2,1H3,(H2,10,11,12). The molecule has 0 aromatic heterocycles. The summed E-state index contributed by atoms with van der Waals surface area (Å²) in [4.78, 5) is 0.0827. The molecule has 14 heavy (non-hydrogen) atoms. The van der Waals surface area contributed by atoms with E-state index in [4.69, 9.17) is 9.88 Å². The summed E-state index contributed by atoms with van der Waals surface area (Å²) in [6.45, 7) is 1.90. The summed E-state index contributed by atoms with van der Waals surface area (Å²) in [5.41, 5.74) is 0.907. The SMILES string of the molecule is CC1Cc2cccc(S(N)(=O)=O)c2O1. The van der Waals surface area contributed by atoms with Gasteiger partial charge in [-0.2, -0.15) is 0 Å². The lowest BCUT2D eigenvalue weighted by atomic mass is 10.1. The molecule has 0 aliphatic carbocycles. The van der Waals surface area contributed by atoms with Crippen LogP contribution in [0, 0.1) is 0 Å². The molecule has 1 aromatic rings. The highest BCUT2D eigenvalue weighted by Gasteiger charge is 2.25. The Labute approximate surface area is 82.7 Å². The average molecular weight is 213 g/mol. The van der Waals surface area contributed by atoms with Crippen molar-refractivity contribution in [1.82, 2.24) is 0 Å². The minimum Gasteiger partial charge on any atom is -0.489 e.